The molecular formula is C10H12N2O. The number of hydrogen-bond acceptors (Lipinski definition) is 3. The largest absolute Gasteiger partial charge is 0.394 e. The lowest BCUT2D eigenvalue weighted by Gasteiger charge is -2.23. The molecule has 1 aliphatic heterocycles. The third-order valence-electron chi connectivity index (χ3n) is 2.22. The third-order valence-corrected chi connectivity index (χ3v) is 2.22. The fraction of sp³-hybridized carbons (Fsp3) is 0.300. The molecule has 0 saturated carbocycles. The van der Waals surface area contributed by atoms with Crippen molar-refractivity contribution < 1.29 is 5.11 Å². The van der Waals surface area contributed by atoms with Crippen molar-refractivity contribution in [2.45, 2.75) is 13.0 Å². The summed E-state index contributed by atoms with van der Waals surface area (Å²) >= 11 is 0. The highest BCUT2D eigenvalue weighted by Gasteiger charge is 2.17. The summed E-state index contributed by atoms with van der Waals surface area (Å²) in [4.78, 5) is 4.39. The first kappa shape index (κ1) is 8.26. The van der Waals surface area contributed by atoms with Crippen molar-refractivity contribution in [3.8, 4) is 0 Å². The number of hydrogen-bond donors (Lipinski definition) is 2. The molecule has 0 aromatic heterocycles. The summed E-state index contributed by atoms with van der Waals surface area (Å²) in [7, 11) is 0. The molecule has 0 amide bonds. The van der Waals surface area contributed by atoms with Crippen LogP contribution < -0.4 is 5.32 Å². The molecule has 1 unspecified atom stereocenters. The number of anilines is 1. The highest BCUT2D eigenvalue weighted by Crippen LogP contribution is 2.28. The van der Waals surface area contributed by atoms with Crippen molar-refractivity contribution in [1.29, 1.82) is 0 Å². The van der Waals surface area contributed by atoms with Crippen LogP contribution in [0.5, 0.6) is 0 Å². The van der Waals surface area contributed by atoms with Gasteiger partial charge >= 0.3 is 0 Å². The van der Waals surface area contributed by atoms with Crippen molar-refractivity contribution in [3.63, 3.8) is 0 Å². The average molecular weight is 176 g/mol. The summed E-state index contributed by atoms with van der Waals surface area (Å²) in [6.45, 7) is 2.01. The first-order valence-electron chi connectivity index (χ1n) is 4.33. The van der Waals surface area contributed by atoms with Crippen LogP contribution in [0.15, 0.2) is 29.3 Å². The highest BCUT2D eigenvalue weighted by atomic mass is 16.3. The van der Waals surface area contributed by atoms with Gasteiger partial charge in [-0.15, -0.1) is 0 Å². The number of rotatable bonds is 1. The molecule has 1 heterocycles. The average Bonchev–Trinajstić information content (AvgIpc) is 2.17. The van der Waals surface area contributed by atoms with Crippen molar-refractivity contribution in [1.82, 2.24) is 0 Å². The first-order valence-corrected chi connectivity index (χ1v) is 4.33. The predicted octanol–water partition coefficient (Wildman–Crippen LogP) is 1.57. The molecule has 0 radical (unpaired) electrons. The van der Waals surface area contributed by atoms with Crippen molar-refractivity contribution in [2.24, 2.45) is 4.99 Å². The Morgan fingerprint density at radius 1 is 1.46 bits per heavy atom. The summed E-state index contributed by atoms with van der Waals surface area (Å²) in [6.07, 6.45) is 0. The van der Waals surface area contributed by atoms with Gasteiger partial charge in [-0.3, -0.25) is 4.99 Å². The number of benzene rings is 1. The van der Waals surface area contributed by atoms with Crippen LogP contribution in [0.2, 0.25) is 0 Å². The summed E-state index contributed by atoms with van der Waals surface area (Å²) in [5.74, 6) is 0. The Balaban J connectivity index is 2.40. The van der Waals surface area contributed by atoms with Gasteiger partial charge in [-0.2, -0.15) is 0 Å². The van der Waals surface area contributed by atoms with Gasteiger partial charge < -0.3 is 10.4 Å². The molecule has 1 atom stereocenters. The second-order valence-electron chi connectivity index (χ2n) is 3.15. The maximum atomic E-state index is 9.04. The maximum Gasteiger partial charge on any atom is 0.0875 e. The number of para-hydroxylation sites is 2. The molecule has 68 valence electrons. The van der Waals surface area contributed by atoms with Gasteiger partial charge in [-0.25, -0.2) is 0 Å². The topological polar surface area (TPSA) is 44.6 Å². The number of nitrogens with one attached hydrogen (secondary N) is 1. The van der Waals surface area contributed by atoms with Crippen LogP contribution in [0.3, 0.4) is 0 Å². The molecule has 2 N–H and O–H groups in total. The Hall–Kier alpha value is -1.35. The van der Waals surface area contributed by atoms with E-state index in [2.05, 4.69) is 10.3 Å². The molecule has 13 heavy (non-hydrogen) atoms. The summed E-state index contributed by atoms with van der Waals surface area (Å²) in [5.41, 5.74) is 2.87. The molecule has 0 aliphatic carbocycles. The molecule has 0 spiro atoms. The summed E-state index contributed by atoms with van der Waals surface area (Å²) in [6, 6.07) is 7.80. The fourth-order valence-corrected chi connectivity index (χ4v) is 1.43. The Labute approximate surface area is 77.1 Å². The SMILES string of the molecule is CC1=Nc2ccccc2NC1CO. The summed E-state index contributed by atoms with van der Waals surface area (Å²) in [5, 5.41) is 12.3. The van der Waals surface area contributed by atoms with Gasteiger partial charge in [0, 0.05) is 5.71 Å². The van der Waals surface area contributed by atoms with E-state index in [4.69, 9.17) is 5.11 Å². The molecule has 3 nitrogen and oxygen atoms in total. The van der Waals surface area contributed by atoms with E-state index in [9.17, 15) is 0 Å². The van der Waals surface area contributed by atoms with Gasteiger partial charge in [-0.1, -0.05) is 12.1 Å². The van der Waals surface area contributed by atoms with Gasteiger partial charge in [0.15, 0.2) is 0 Å². The summed E-state index contributed by atoms with van der Waals surface area (Å²) < 4.78 is 0. The van der Waals surface area contributed by atoms with Crippen LogP contribution in [0.1, 0.15) is 6.92 Å². The van der Waals surface area contributed by atoms with E-state index in [1.165, 1.54) is 0 Å². The minimum absolute atomic E-state index is 0.0325. The van der Waals surface area contributed by atoms with E-state index in [1.54, 1.807) is 0 Å². The van der Waals surface area contributed by atoms with E-state index >= 15 is 0 Å². The Bertz CT molecular complexity index is 347. The normalized spacial score (nSPS) is 20.2. The van der Waals surface area contributed by atoms with E-state index in [-0.39, 0.29) is 12.6 Å². The van der Waals surface area contributed by atoms with Gasteiger partial charge in [0.1, 0.15) is 0 Å². The van der Waals surface area contributed by atoms with Crippen molar-refractivity contribution in [2.75, 3.05) is 11.9 Å². The van der Waals surface area contributed by atoms with Crippen LogP contribution >= 0.6 is 0 Å². The van der Waals surface area contributed by atoms with Crippen molar-refractivity contribution >= 4 is 17.1 Å². The predicted molar refractivity (Wildman–Crippen MR) is 53.7 cm³/mol. The lowest BCUT2D eigenvalue weighted by atomic mass is 10.1. The number of aliphatic hydroxyl groups is 1. The Morgan fingerprint density at radius 3 is 3.00 bits per heavy atom. The second kappa shape index (κ2) is 3.18. The van der Waals surface area contributed by atoms with E-state index in [0.717, 1.165) is 17.1 Å². The Kier molecular flexibility index (Phi) is 2.02. The zero-order valence-electron chi connectivity index (χ0n) is 7.49. The fourth-order valence-electron chi connectivity index (χ4n) is 1.43. The second-order valence-corrected chi connectivity index (χ2v) is 3.15. The molecule has 0 saturated heterocycles. The van der Waals surface area contributed by atoms with Crippen LogP contribution in [0.4, 0.5) is 11.4 Å². The zero-order chi connectivity index (χ0) is 9.26. The smallest absolute Gasteiger partial charge is 0.0875 e. The number of aliphatic imine (C=N–C) groups is 1. The first-order chi connectivity index (χ1) is 6.31. The van der Waals surface area contributed by atoms with Crippen LogP contribution in [0.25, 0.3) is 0 Å². The van der Waals surface area contributed by atoms with Crippen molar-refractivity contribution in [3.05, 3.63) is 24.3 Å². The zero-order valence-corrected chi connectivity index (χ0v) is 7.49. The van der Waals surface area contributed by atoms with E-state index < -0.39 is 0 Å². The molecular weight excluding hydrogens is 164 g/mol. The Morgan fingerprint density at radius 2 is 2.23 bits per heavy atom. The minimum Gasteiger partial charge on any atom is -0.394 e. The quantitative estimate of drug-likeness (QED) is 0.682. The molecule has 0 bridgehead atoms. The highest BCUT2D eigenvalue weighted by molar-refractivity contribution is 5.96. The van der Waals surface area contributed by atoms with Crippen LogP contribution in [-0.4, -0.2) is 23.5 Å². The van der Waals surface area contributed by atoms with Gasteiger partial charge in [0.05, 0.1) is 24.0 Å². The molecule has 1 aliphatic rings. The standard InChI is InChI=1S/C10H12N2O/c1-7-10(6-13)12-9-5-3-2-4-8(9)11-7/h2-5,10,12-13H,6H2,1H3. The number of aliphatic hydroxyl groups excluding tert-OH is 1. The third kappa shape index (κ3) is 1.42. The maximum absolute atomic E-state index is 9.04. The van der Waals surface area contributed by atoms with Crippen LogP contribution in [0, 0.1) is 0 Å². The van der Waals surface area contributed by atoms with Gasteiger partial charge in [-0.05, 0) is 19.1 Å². The molecule has 3 heteroatoms. The molecule has 2 rings (SSSR count). The lowest BCUT2D eigenvalue weighted by Crippen LogP contribution is -2.33. The number of nitrogens with zero attached hydrogens (tertiary/aromatic N) is 1. The lowest BCUT2D eigenvalue weighted by molar-refractivity contribution is 0.295. The van der Waals surface area contributed by atoms with Gasteiger partial charge in [0.2, 0.25) is 0 Å². The van der Waals surface area contributed by atoms with E-state index in [0.29, 0.717) is 0 Å². The number of fused-ring (bicyclic) bond motifs is 1. The molecule has 1 aromatic carbocycles. The van der Waals surface area contributed by atoms with E-state index in [1.807, 2.05) is 31.2 Å². The monoisotopic (exact) mass is 176 g/mol. The minimum atomic E-state index is -0.0325. The van der Waals surface area contributed by atoms with Crippen LogP contribution in [-0.2, 0) is 0 Å². The molecule has 1 aromatic rings. The molecule has 0 fully saturated rings. The van der Waals surface area contributed by atoms with Gasteiger partial charge in [0.25, 0.3) is 0 Å².